The fraction of sp³-hybridized carbons (Fsp3) is 0.413. The van der Waals surface area contributed by atoms with Crippen LogP contribution in [-0.2, 0) is 115 Å². The summed E-state index contributed by atoms with van der Waals surface area (Å²) in [6.45, 7) is 6.05. The van der Waals surface area contributed by atoms with Crippen LogP contribution in [0, 0.1) is 11.8 Å². The van der Waals surface area contributed by atoms with E-state index in [0.29, 0.717) is 57.1 Å². The first-order valence-electron chi connectivity index (χ1n) is 42.4. The van der Waals surface area contributed by atoms with Crippen molar-refractivity contribution < 1.29 is 92.0 Å². The van der Waals surface area contributed by atoms with Gasteiger partial charge in [0.25, 0.3) is 0 Å². The molecule has 16 N–H and O–H groups in total. The van der Waals surface area contributed by atoms with Gasteiger partial charge in [-0.25, -0.2) is 0 Å². The van der Waals surface area contributed by atoms with Gasteiger partial charge < -0.3 is 98.8 Å². The zero-order valence-corrected chi connectivity index (χ0v) is 75.0. The summed E-state index contributed by atoms with van der Waals surface area (Å²) in [5.41, 5.74) is 8.85. The number of phenols is 2. The summed E-state index contributed by atoms with van der Waals surface area (Å²) in [7, 11) is 5.21. The summed E-state index contributed by atoms with van der Waals surface area (Å²) in [6, 6.07) is 24.6. The van der Waals surface area contributed by atoms with E-state index in [9.17, 15) is 63.3 Å². The van der Waals surface area contributed by atoms with E-state index >= 15 is 28.8 Å². The molecule has 1 aromatic heterocycles. The molecule has 1 aliphatic heterocycles. The lowest BCUT2D eigenvalue weighted by atomic mass is 9.99. The van der Waals surface area contributed by atoms with Crippen LogP contribution in [0.15, 0.2) is 164 Å². The lowest BCUT2D eigenvalue weighted by molar-refractivity contribution is -0.151. The summed E-state index contributed by atoms with van der Waals surface area (Å²) < 4.78 is 0. The minimum Gasteiger partial charge on any atom is -0.508 e. The lowest BCUT2D eigenvalue weighted by Crippen LogP contribution is -2.61. The fourth-order valence-electron chi connectivity index (χ4n) is 14.7. The highest BCUT2D eigenvalue weighted by atomic mass is 35.5. The van der Waals surface area contributed by atoms with Crippen molar-refractivity contribution in [2.24, 2.45) is 17.6 Å². The standard InChI is InChI=1S/C92H115ClN16O19S/c1-10-11-30-74-91(127)107(7)50-78(114)98-70(46-80(116)117)87(123)105-81(54(4)5)88(124)102-69(44-59-26-18-20-28-64(59)93)86(122)103-71(42-58-33-37-62(111)38-34-58)89(125)106(6)49-77(113)97-68(45-60-47-95-65-29-21-19-27-63(60)65)85(121)101-67(40-57-31-35-61(110)36-32-57)84(120)100-66(39-53(2)3)83(119)104-73(82(118)96-48-76(94)112)51-129-52-79(115)99-72(41-55-22-14-12-15-23-55)90(126)109(9)75(92(128)108(74)8)43-56-24-16-13-17-25-56/h12-29,31-38,47,53-54,66-75,81,95,110-111H,10-11,30,39-46,48-52H2,1-9H3,(H2,94,112)(H,96,118)(H,97,113)(H,98,114)(H,99,115)(H,100,120)(H,101,121)(H,102,124)(H,103,122)(H,104,119)(H,105,123)(H,116,117). The largest absolute Gasteiger partial charge is 0.508 e. The predicted octanol–water partition coefficient (Wildman–Crippen LogP) is 2.64. The summed E-state index contributed by atoms with van der Waals surface area (Å²) in [5, 5.41) is 58.1. The number of hydrogen-bond donors (Lipinski definition) is 15. The number of H-pyrrole nitrogens is 1. The number of nitrogens with two attached hydrogens (primary N) is 1. The summed E-state index contributed by atoms with van der Waals surface area (Å²) in [6.07, 6.45) is -0.167. The van der Waals surface area contributed by atoms with Crippen molar-refractivity contribution in [3.63, 3.8) is 0 Å². The number of para-hydroxylation sites is 1. The number of carboxylic acid groups (broad SMARTS) is 1. The van der Waals surface area contributed by atoms with Gasteiger partial charge in [0.2, 0.25) is 88.6 Å². The normalized spacial score (nSPS) is 21.8. The van der Waals surface area contributed by atoms with Crippen molar-refractivity contribution in [2.45, 2.75) is 172 Å². The van der Waals surface area contributed by atoms with E-state index in [4.69, 9.17) is 17.3 Å². The molecule has 1 aliphatic rings. The van der Waals surface area contributed by atoms with E-state index in [1.165, 1.54) is 96.6 Å². The first-order valence-corrected chi connectivity index (χ1v) is 43.9. The number of primary amides is 1. The Morgan fingerprint density at radius 2 is 0.938 bits per heavy atom. The van der Waals surface area contributed by atoms with Crippen LogP contribution < -0.4 is 58.9 Å². The summed E-state index contributed by atoms with van der Waals surface area (Å²) >= 11 is 7.54. The number of unbranched alkanes of at least 4 members (excludes halogenated alkanes) is 1. The molecule has 1 fully saturated rings. The van der Waals surface area contributed by atoms with Gasteiger partial charge in [0, 0.05) is 94.6 Å². The molecule has 6 aromatic carbocycles. The lowest BCUT2D eigenvalue weighted by Gasteiger charge is -2.37. The first-order chi connectivity index (χ1) is 61.4. The van der Waals surface area contributed by atoms with Crippen LogP contribution in [0.25, 0.3) is 10.9 Å². The molecule has 11 atom stereocenters. The van der Waals surface area contributed by atoms with E-state index in [0.717, 1.165) is 31.4 Å². The van der Waals surface area contributed by atoms with Crippen molar-refractivity contribution in [1.29, 1.82) is 0 Å². The second-order valence-electron chi connectivity index (χ2n) is 32.8. The molecule has 11 unspecified atom stereocenters. The topological polar surface area (TPSA) is 509 Å². The molecule has 0 radical (unpaired) electrons. The average molecular weight is 1820 g/mol. The Morgan fingerprint density at radius 3 is 1.50 bits per heavy atom. The Labute approximate surface area is 757 Å². The van der Waals surface area contributed by atoms with Crippen LogP contribution in [0.5, 0.6) is 11.5 Å². The van der Waals surface area contributed by atoms with Crippen molar-refractivity contribution in [3.05, 3.63) is 202 Å². The second kappa shape index (κ2) is 49.1. The molecular weight excluding hydrogens is 1700 g/mol. The molecule has 1 saturated heterocycles. The molecule has 0 saturated carbocycles. The van der Waals surface area contributed by atoms with E-state index in [-0.39, 0.29) is 73.8 Å². The van der Waals surface area contributed by atoms with E-state index < -0.39 is 205 Å². The highest BCUT2D eigenvalue weighted by Crippen LogP contribution is 2.25. The van der Waals surface area contributed by atoms with Gasteiger partial charge in [-0.3, -0.25) is 76.7 Å². The average Bonchev–Trinajstić information content (AvgIpc) is 1.71. The number of halogens is 1. The third kappa shape index (κ3) is 31.0. The molecule has 690 valence electrons. The molecule has 0 bridgehead atoms. The Balaban J connectivity index is 1.21. The van der Waals surface area contributed by atoms with Gasteiger partial charge in [0.15, 0.2) is 0 Å². The zero-order chi connectivity index (χ0) is 94.3. The van der Waals surface area contributed by atoms with Crippen LogP contribution in [0.4, 0.5) is 0 Å². The number of amides is 15. The van der Waals surface area contributed by atoms with Gasteiger partial charge in [-0.1, -0.05) is 180 Å². The second-order valence-corrected chi connectivity index (χ2v) is 34.2. The molecule has 2 heterocycles. The maximum absolute atomic E-state index is 15.5. The number of likely N-dealkylation sites (N-methyl/N-ethyl adjacent to an activating group) is 4. The number of carbonyl (C=O) groups excluding carboxylic acids is 15. The highest BCUT2D eigenvalue weighted by Gasteiger charge is 2.42. The SMILES string of the molecule is CCCCC1C(=O)N(C)CC(=O)NC(CC(=O)O)C(=O)NC(C(C)C)C(=O)NC(Cc2ccccc2Cl)C(=O)NC(Cc2ccc(O)cc2)C(=O)N(C)CC(=O)NC(Cc2c[nH]c3ccccc23)C(=O)NC(Cc2ccc(O)cc2)C(=O)NC(CC(C)C)C(=O)NC(C(=O)NCC(N)=O)CSCC(=O)NC(Cc2ccccc2)C(=O)N(C)C(Cc2ccccc2)C(=O)N1C. The molecule has 0 aliphatic carbocycles. The molecule has 37 heteroatoms. The smallest absolute Gasteiger partial charge is 0.305 e. The van der Waals surface area contributed by atoms with Gasteiger partial charge in [0.1, 0.15) is 78.0 Å². The van der Waals surface area contributed by atoms with Gasteiger partial charge in [0.05, 0.1) is 31.8 Å². The van der Waals surface area contributed by atoms with Gasteiger partial charge in [-0.05, 0) is 94.5 Å². The number of hydrogen-bond acceptors (Lipinski definition) is 19. The number of aromatic amines is 1. The molecule has 7 aromatic rings. The number of nitrogens with zero attached hydrogens (tertiary/aromatic N) is 4. The molecule has 0 spiro atoms. The highest BCUT2D eigenvalue weighted by molar-refractivity contribution is 8.00. The van der Waals surface area contributed by atoms with Crippen molar-refractivity contribution in [2.75, 3.05) is 59.3 Å². The number of carboxylic acids is 1. The van der Waals surface area contributed by atoms with Crippen molar-refractivity contribution in [1.82, 2.24) is 77.8 Å². The number of benzene rings is 6. The maximum Gasteiger partial charge on any atom is 0.305 e. The molecule has 129 heavy (non-hydrogen) atoms. The van der Waals surface area contributed by atoms with E-state index in [1.807, 2.05) is 6.92 Å². The third-order valence-corrected chi connectivity index (χ3v) is 23.1. The number of thioether (sulfide) groups is 1. The number of aromatic nitrogens is 1. The predicted molar refractivity (Wildman–Crippen MR) is 482 cm³/mol. The van der Waals surface area contributed by atoms with Crippen molar-refractivity contribution in [3.8, 4) is 11.5 Å². The minimum absolute atomic E-state index is 0.0226. The summed E-state index contributed by atoms with van der Waals surface area (Å²) in [5.74, 6) is -17.9. The molecule has 35 nitrogen and oxygen atoms in total. The van der Waals surface area contributed by atoms with Crippen LogP contribution >= 0.6 is 23.4 Å². The third-order valence-electron chi connectivity index (χ3n) is 21.7. The Hall–Kier alpha value is -13.4. The molecule has 15 amide bonds. The van der Waals surface area contributed by atoms with Crippen LogP contribution in [0.2, 0.25) is 5.02 Å². The number of phenolic OH excluding ortho intramolecular Hbond substituents is 2. The van der Waals surface area contributed by atoms with Gasteiger partial charge in [-0.2, -0.15) is 0 Å². The number of aliphatic carboxylic acids is 1. The monoisotopic (exact) mass is 1810 g/mol. The van der Waals surface area contributed by atoms with Crippen molar-refractivity contribution >= 4 is 129 Å². The fourth-order valence-corrected chi connectivity index (χ4v) is 15.8. The van der Waals surface area contributed by atoms with Gasteiger partial charge in [-0.15, -0.1) is 11.8 Å². The van der Waals surface area contributed by atoms with Crippen LogP contribution in [0.1, 0.15) is 100 Å². The minimum atomic E-state index is -1.93. The summed E-state index contributed by atoms with van der Waals surface area (Å²) in [4.78, 5) is 241. The Morgan fingerprint density at radius 1 is 0.481 bits per heavy atom. The zero-order valence-electron chi connectivity index (χ0n) is 73.4. The Bertz CT molecular complexity index is 5110. The molecule has 8 rings (SSSR count). The molecular formula is C92H115ClN16O19S. The number of aromatic hydroxyl groups is 2. The van der Waals surface area contributed by atoms with Crippen LogP contribution in [0.3, 0.4) is 0 Å². The Kier molecular flexibility index (Phi) is 38.4. The quantitative estimate of drug-likeness (QED) is 0.0438. The number of rotatable bonds is 23. The van der Waals surface area contributed by atoms with E-state index in [2.05, 4.69) is 58.2 Å². The maximum atomic E-state index is 15.5. The first kappa shape index (κ1) is 101. The van der Waals surface area contributed by atoms with Gasteiger partial charge >= 0.3 is 5.97 Å². The number of nitrogens with one attached hydrogen (secondary N) is 11. The van der Waals surface area contributed by atoms with E-state index in [1.54, 1.807) is 123 Å². The number of carbonyl (C=O) groups is 16. The van der Waals surface area contributed by atoms with Crippen LogP contribution in [-0.4, -0.2) is 260 Å². The number of fused-ring (bicyclic) bond motifs is 1.